The first-order valence-electron chi connectivity index (χ1n) is 6.02. The molecule has 0 aliphatic rings. The van der Waals surface area contributed by atoms with E-state index in [9.17, 15) is 19.7 Å². The smallest absolute Gasteiger partial charge is 0.332 e. The van der Waals surface area contributed by atoms with Gasteiger partial charge in [-0.3, -0.25) is 14.9 Å². The third kappa shape index (κ3) is 5.41. The monoisotopic (exact) mass is 294 g/mol. The first-order chi connectivity index (χ1) is 9.91. The van der Waals surface area contributed by atoms with Crippen LogP contribution in [0.3, 0.4) is 0 Å². The fourth-order valence-electron chi connectivity index (χ4n) is 1.47. The maximum absolute atomic E-state index is 11.5. The molecule has 0 fully saturated rings. The number of aliphatic hydroxyl groups is 1. The number of hydrogen-bond acceptors (Lipinski definition) is 5. The van der Waals surface area contributed by atoms with Crippen molar-refractivity contribution in [2.75, 3.05) is 6.54 Å². The zero-order chi connectivity index (χ0) is 15.8. The molecule has 0 heterocycles. The van der Waals surface area contributed by atoms with Crippen LogP contribution in [0.2, 0.25) is 0 Å². The highest BCUT2D eigenvalue weighted by Crippen LogP contribution is 2.18. The van der Waals surface area contributed by atoms with Crippen molar-refractivity contribution >= 4 is 23.6 Å². The molecule has 0 aromatic heterocycles. The van der Waals surface area contributed by atoms with E-state index in [1.807, 2.05) is 0 Å². The minimum Gasteiger partial charge on any atom is -0.479 e. The topological polar surface area (TPSA) is 130 Å². The predicted molar refractivity (Wildman–Crippen MR) is 73.4 cm³/mol. The molecule has 3 N–H and O–H groups in total. The Kier molecular flexibility index (Phi) is 6.02. The van der Waals surface area contributed by atoms with Crippen molar-refractivity contribution in [1.82, 2.24) is 5.32 Å². The molecule has 0 saturated heterocycles. The zero-order valence-electron chi connectivity index (χ0n) is 10.9. The number of carbonyl (C=O) groups excluding carboxylic acids is 1. The molecule has 0 aliphatic carbocycles. The van der Waals surface area contributed by atoms with Crippen molar-refractivity contribution in [3.05, 3.63) is 46.0 Å². The lowest BCUT2D eigenvalue weighted by molar-refractivity contribution is -0.385. The minimum absolute atomic E-state index is 0.0203. The number of hydrogen-bond donors (Lipinski definition) is 3. The number of rotatable bonds is 7. The molecule has 1 rings (SSSR count). The highest BCUT2D eigenvalue weighted by Gasteiger charge is 2.12. The first kappa shape index (κ1) is 16.3. The Morgan fingerprint density at radius 1 is 1.38 bits per heavy atom. The van der Waals surface area contributed by atoms with E-state index < -0.39 is 22.9 Å². The second kappa shape index (κ2) is 7.75. The molecule has 1 aromatic rings. The Balaban J connectivity index is 2.55. The Morgan fingerprint density at radius 2 is 2.05 bits per heavy atom. The van der Waals surface area contributed by atoms with E-state index in [0.717, 1.165) is 6.08 Å². The molecule has 1 atom stereocenters. The number of carboxylic acids is 1. The molecule has 0 spiro atoms. The molecule has 112 valence electrons. The molecule has 1 aromatic carbocycles. The van der Waals surface area contributed by atoms with Gasteiger partial charge in [0, 0.05) is 25.1 Å². The van der Waals surface area contributed by atoms with Crippen molar-refractivity contribution < 1.29 is 24.7 Å². The van der Waals surface area contributed by atoms with Crippen LogP contribution in [0.4, 0.5) is 5.69 Å². The van der Waals surface area contributed by atoms with Gasteiger partial charge in [-0.1, -0.05) is 12.1 Å². The molecule has 8 heteroatoms. The number of nitro groups is 1. The lowest BCUT2D eigenvalue weighted by Gasteiger charge is -2.05. The SMILES string of the molecule is O=C(/C=C/c1ccccc1[N+](=O)[O-])NCCC(O)C(=O)O. The van der Waals surface area contributed by atoms with E-state index in [4.69, 9.17) is 10.2 Å². The van der Waals surface area contributed by atoms with Crippen LogP contribution in [0.25, 0.3) is 6.08 Å². The summed E-state index contributed by atoms with van der Waals surface area (Å²) in [5.41, 5.74) is 0.158. The molecule has 0 bridgehead atoms. The number of aliphatic hydroxyl groups excluding tert-OH is 1. The third-order valence-corrected chi connectivity index (χ3v) is 2.55. The van der Waals surface area contributed by atoms with Gasteiger partial charge in [0.25, 0.3) is 5.69 Å². The highest BCUT2D eigenvalue weighted by atomic mass is 16.6. The van der Waals surface area contributed by atoms with Crippen LogP contribution in [-0.2, 0) is 9.59 Å². The van der Waals surface area contributed by atoms with Crippen LogP contribution in [-0.4, -0.2) is 39.7 Å². The number of carboxylic acid groups (broad SMARTS) is 1. The lowest BCUT2D eigenvalue weighted by Crippen LogP contribution is -2.28. The molecule has 1 unspecified atom stereocenters. The number of aliphatic carboxylic acids is 1. The standard InChI is InChI=1S/C13H14N2O6/c16-11(13(18)19)7-8-14-12(17)6-5-9-3-1-2-4-10(9)15(20)21/h1-6,11,16H,7-8H2,(H,14,17)(H,18,19)/b6-5+. The van der Waals surface area contributed by atoms with Crippen LogP contribution >= 0.6 is 0 Å². The van der Waals surface area contributed by atoms with Crippen LogP contribution in [0.1, 0.15) is 12.0 Å². The Bertz CT molecular complexity index is 570. The van der Waals surface area contributed by atoms with Gasteiger partial charge in [0.15, 0.2) is 6.10 Å². The second-order valence-electron chi connectivity index (χ2n) is 4.08. The summed E-state index contributed by atoms with van der Waals surface area (Å²) in [5.74, 6) is -1.90. The molecule has 0 aliphatic heterocycles. The van der Waals surface area contributed by atoms with Gasteiger partial charge in [-0.05, 0) is 12.1 Å². The Morgan fingerprint density at radius 3 is 2.67 bits per heavy atom. The van der Waals surface area contributed by atoms with E-state index in [2.05, 4.69) is 5.32 Å². The normalized spacial score (nSPS) is 12.0. The fraction of sp³-hybridized carbons (Fsp3) is 0.231. The molecule has 21 heavy (non-hydrogen) atoms. The van der Waals surface area contributed by atoms with Gasteiger partial charge in [0.2, 0.25) is 5.91 Å². The van der Waals surface area contributed by atoms with E-state index >= 15 is 0 Å². The molecule has 0 radical (unpaired) electrons. The zero-order valence-corrected chi connectivity index (χ0v) is 10.9. The van der Waals surface area contributed by atoms with Crippen LogP contribution < -0.4 is 5.32 Å². The summed E-state index contributed by atoms with van der Waals surface area (Å²) in [7, 11) is 0. The first-order valence-corrected chi connectivity index (χ1v) is 6.02. The van der Waals surface area contributed by atoms with E-state index in [1.54, 1.807) is 6.07 Å². The predicted octanol–water partition coefficient (Wildman–Crippen LogP) is 0.560. The number of nitrogens with one attached hydrogen (secondary N) is 1. The molecular weight excluding hydrogens is 280 g/mol. The fourth-order valence-corrected chi connectivity index (χ4v) is 1.47. The summed E-state index contributed by atoms with van der Waals surface area (Å²) in [6.07, 6.45) is 0.737. The molecule has 1 amide bonds. The number of carbonyl (C=O) groups is 2. The van der Waals surface area contributed by atoms with Gasteiger partial charge in [0.05, 0.1) is 10.5 Å². The maximum atomic E-state index is 11.5. The van der Waals surface area contributed by atoms with Gasteiger partial charge in [-0.25, -0.2) is 4.79 Å². The summed E-state index contributed by atoms with van der Waals surface area (Å²) < 4.78 is 0. The lowest BCUT2D eigenvalue weighted by atomic mass is 10.1. The number of amides is 1. The maximum Gasteiger partial charge on any atom is 0.332 e. The molecule has 0 saturated carbocycles. The van der Waals surface area contributed by atoms with E-state index in [-0.39, 0.29) is 24.2 Å². The summed E-state index contributed by atoms with van der Waals surface area (Å²) in [5, 5.41) is 30.6. The third-order valence-electron chi connectivity index (χ3n) is 2.55. The summed E-state index contributed by atoms with van der Waals surface area (Å²) in [6.45, 7) is -0.0203. The van der Waals surface area contributed by atoms with E-state index in [0.29, 0.717) is 0 Å². The van der Waals surface area contributed by atoms with Gasteiger partial charge in [-0.15, -0.1) is 0 Å². The van der Waals surface area contributed by atoms with Crippen molar-refractivity contribution in [2.24, 2.45) is 0 Å². The van der Waals surface area contributed by atoms with Crippen molar-refractivity contribution in [1.29, 1.82) is 0 Å². The van der Waals surface area contributed by atoms with Crippen LogP contribution in [0.15, 0.2) is 30.3 Å². The average Bonchev–Trinajstić information content (AvgIpc) is 2.45. The Labute approximate surface area is 119 Å². The molecule has 8 nitrogen and oxygen atoms in total. The minimum atomic E-state index is -1.54. The van der Waals surface area contributed by atoms with Crippen molar-refractivity contribution in [3.63, 3.8) is 0 Å². The van der Waals surface area contributed by atoms with Crippen LogP contribution in [0.5, 0.6) is 0 Å². The average molecular weight is 294 g/mol. The van der Waals surface area contributed by atoms with Crippen LogP contribution in [0, 0.1) is 10.1 Å². The number of nitrogens with zero attached hydrogens (tertiary/aromatic N) is 1. The van der Waals surface area contributed by atoms with E-state index in [1.165, 1.54) is 24.3 Å². The summed E-state index contributed by atoms with van der Waals surface area (Å²) in [6, 6.07) is 5.94. The summed E-state index contributed by atoms with van der Waals surface area (Å²) in [4.78, 5) is 32.0. The van der Waals surface area contributed by atoms with Crippen molar-refractivity contribution in [3.8, 4) is 0 Å². The van der Waals surface area contributed by atoms with Gasteiger partial charge in [-0.2, -0.15) is 0 Å². The largest absolute Gasteiger partial charge is 0.479 e. The van der Waals surface area contributed by atoms with Gasteiger partial charge >= 0.3 is 5.97 Å². The molecular formula is C13H14N2O6. The summed E-state index contributed by atoms with van der Waals surface area (Å²) >= 11 is 0. The Hall–Kier alpha value is -2.74. The number of nitro benzene ring substituents is 1. The second-order valence-corrected chi connectivity index (χ2v) is 4.08. The van der Waals surface area contributed by atoms with Gasteiger partial charge < -0.3 is 15.5 Å². The highest BCUT2D eigenvalue weighted by molar-refractivity contribution is 5.92. The quantitative estimate of drug-likeness (QED) is 0.382. The number of para-hydroxylation sites is 1. The van der Waals surface area contributed by atoms with Gasteiger partial charge in [0.1, 0.15) is 0 Å². The van der Waals surface area contributed by atoms with Crippen molar-refractivity contribution in [2.45, 2.75) is 12.5 Å². The number of benzene rings is 1.